The zero-order valence-electron chi connectivity index (χ0n) is 23.1. The number of fused-ring (bicyclic) bond motifs is 3. The van der Waals surface area contributed by atoms with E-state index in [0.717, 1.165) is 33.3 Å². The fraction of sp³-hybridized carbons (Fsp3) is 0.182. The summed E-state index contributed by atoms with van der Waals surface area (Å²) in [7, 11) is -1.23. The molecule has 0 saturated carbocycles. The standard InChI is InChI=1S/C19H14FN2O.C14H16NSi.Ir/c1-11(2)12-8-9-21-16(10-12)15-5-3-4-13-14-6-7-17(20)22-19(14)23-18(13)15;1-16(2,3)13-9-10-14(15-11-13)12-7-5-4-6-8-12;/h3-4,6-11H,1-2H3;4-7,9-11H,1-3H3;/q2*-1;. The average molecular weight is 724 g/mol. The van der Waals surface area contributed by atoms with Crippen LogP contribution in [0.5, 0.6) is 0 Å². The van der Waals surface area contributed by atoms with Crippen LogP contribution in [0.25, 0.3) is 44.6 Å². The van der Waals surface area contributed by atoms with E-state index in [1.807, 2.05) is 54.7 Å². The molecular formula is C33H30FIrN3OSi-2. The molecular weight excluding hydrogens is 694 g/mol. The molecule has 205 valence electrons. The Morgan fingerprint density at radius 3 is 2.35 bits per heavy atom. The van der Waals surface area contributed by atoms with Crippen LogP contribution in [0.2, 0.25) is 19.6 Å². The predicted octanol–water partition coefficient (Wildman–Crippen LogP) is 8.20. The zero-order chi connectivity index (χ0) is 27.6. The molecule has 0 aliphatic rings. The van der Waals surface area contributed by atoms with Gasteiger partial charge >= 0.3 is 0 Å². The Labute approximate surface area is 249 Å². The van der Waals surface area contributed by atoms with Crippen molar-refractivity contribution in [3.8, 4) is 22.5 Å². The zero-order valence-corrected chi connectivity index (χ0v) is 26.5. The van der Waals surface area contributed by atoms with Gasteiger partial charge < -0.3 is 14.4 Å². The summed E-state index contributed by atoms with van der Waals surface area (Å²) in [6, 6.07) is 29.4. The van der Waals surface area contributed by atoms with Gasteiger partial charge in [0.15, 0.2) is 0 Å². The maximum atomic E-state index is 13.3. The molecule has 0 fully saturated rings. The Morgan fingerprint density at radius 1 is 0.850 bits per heavy atom. The first-order valence-corrected chi connectivity index (χ1v) is 16.5. The smallest absolute Gasteiger partial charge is 0.218 e. The number of benzene rings is 2. The number of hydrogen-bond donors (Lipinski definition) is 0. The molecule has 4 aromatic heterocycles. The van der Waals surface area contributed by atoms with Crippen LogP contribution in [0, 0.1) is 18.1 Å². The second-order valence-corrected chi connectivity index (χ2v) is 15.8. The third kappa shape index (κ3) is 6.44. The molecule has 0 bridgehead atoms. The first-order valence-electron chi connectivity index (χ1n) is 13.0. The number of aromatic nitrogens is 3. The van der Waals surface area contributed by atoms with Crippen LogP contribution in [0.3, 0.4) is 0 Å². The van der Waals surface area contributed by atoms with Crippen LogP contribution < -0.4 is 5.19 Å². The second-order valence-electron chi connectivity index (χ2n) is 10.8. The molecule has 7 heteroatoms. The maximum absolute atomic E-state index is 13.3. The fourth-order valence-corrected chi connectivity index (χ4v) is 5.32. The Morgan fingerprint density at radius 2 is 1.68 bits per heavy atom. The van der Waals surface area contributed by atoms with Crippen molar-refractivity contribution in [1.82, 2.24) is 15.0 Å². The number of furan rings is 1. The van der Waals surface area contributed by atoms with Crippen LogP contribution in [-0.4, -0.2) is 23.0 Å². The van der Waals surface area contributed by atoms with Gasteiger partial charge in [0.25, 0.3) is 0 Å². The molecule has 0 atom stereocenters. The molecule has 6 aromatic rings. The van der Waals surface area contributed by atoms with E-state index in [1.165, 1.54) is 16.8 Å². The Kier molecular flexibility index (Phi) is 9.09. The molecule has 2 aromatic carbocycles. The number of nitrogens with zero attached hydrogens (tertiary/aromatic N) is 3. The van der Waals surface area contributed by atoms with Crippen molar-refractivity contribution in [2.45, 2.75) is 39.4 Å². The molecule has 0 unspecified atom stereocenters. The van der Waals surface area contributed by atoms with Crippen molar-refractivity contribution in [2.75, 3.05) is 0 Å². The van der Waals surface area contributed by atoms with Gasteiger partial charge in [-0.3, -0.25) is 0 Å². The average Bonchev–Trinajstić information content (AvgIpc) is 3.31. The van der Waals surface area contributed by atoms with Crippen molar-refractivity contribution in [3.63, 3.8) is 0 Å². The fourth-order valence-electron chi connectivity index (χ4n) is 4.28. The summed E-state index contributed by atoms with van der Waals surface area (Å²) < 4.78 is 19.1. The Bertz CT molecular complexity index is 1730. The molecule has 40 heavy (non-hydrogen) atoms. The monoisotopic (exact) mass is 724 g/mol. The minimum Gasteiger partial charge on any atom is -0.486 e. The summed E-state index contributed by atoms with van der Waals surface area (Å²) in [4.78, 5) is 12.8. The van der Waals surface area contributed by atoms with E-state index in [4.69, 9.17) is 4.42 Å². The van der Waals surface area contributed by atoms with E-state index in [9.17, 15) is 4.39 Å². The summed E-state index contributed by atoms with van der Waals surface area (Å²) in [6.45, 7) is 11.3. The van der Waals surface area contributed by atoms with Gasteiger partial charge in [-0.25, -0.2) is 0 Å². The number of pyridine rings is 3. The van der Waals surface area contributed by atoms with Gasteiger partial charge in [0, 0.05) is 37.9 Å². The summed E-state index contributed by atoms with van der Waals surface area (Å²) in [5.74, 6) is -0.149. The van der Waals surface area contributed by atoms with Crippen molar-refractivity contribution in [1.29, 1.82) is 0 Å². The molecule has 4 heterocycles. The van der Waals surface area contributed by atoms with Gasteiger partial charge in [0.2, 0.25) is 11.7 Å². The SMILES string of the molecule is CC(C)c1ccnc(-c2[c-]ccc3c2oc2nc(F)ccc23)c1.C[Si](C)(C)c1ccc(-c2[c-]cccc2)nc1.[Ir]. The van der Waals surface area contributed by atoms with Gasteiger partial charge in [0.1, 0.15) is 0 Å². The van der Waals surface area contributed by atoms with E-state index in [2.05, 4.69) is 72.7 Å². The minimum absolute atomic E-state index is 0. The van der Waals surface area contributed by atoms with Crippen molar-refractivity contribution < 1.29 is 28.9 Å². The molecule has 6 rings (SSSR count). The van der Waals surface area contributed by atoms with E-state index in [1.54, 1.807) is 12.3 Å². The second kappa shape index (κ2) is 12.3. The van der Waals surface area contributed by atoms with Crippen molar-refractivity contribution >= 4 is 35.3 Å². The van der Waals surface area contributed by atoms with E-state index in [-0.39, 0.29) is 20.1 Å². The topological polar surface area (TPSA) is 51.8 Å². The van der Waals surface area contributed by atoms with Gasteiger partial charge in [-0.15, -0.1) is 54.1 Å². The third-order valence-electron chi connectivity index (χ3n) is 6.59. The van der Waals surface area contributed by atoms with Gasteiger partial charge in [-0.2, -0.15) is 9.37 Å². The molecule has 0 spiro atoms. The quantitative estimate of drug-likeness (QED) is 0.105. The number of hydrogen-bond acceptors (Lipinski definition) is 4. The summed E-state index contributed by atoms with van der Waals surface area (Å²) in [5.41, 5.74) is 5.74. The largest absolute Gasteiger partial charge is 0.486 e. The van der Waals surface area contributed by atoms with E-state index in [0.29, 0.717) is 17.2 Å². The first kappa shape index (κ1) is 29.5. The van der Waals surface area contributed by atoms with Crippen molar-refractivity contribution in [3.05, 3.63) is 109 Å². The van der Waals surface area contributed by atoms with Crippen LogP contribution >= 0.6 is 0 Å². The van der Waals surface area contributed by atoms with Crippen LogP contribution in [0.1, 0.15) is 25.3 Å². The molecule has 0 amide bonds. The molecule has 0 aliphatic heterocycles. The number of rotatable bonds is 4. The molecule has 0 aliphatic carbocycles. The Balaban J connectivity index is 0.000000192. The first-order chi connectivity index (χ1) is 18.7. The third-order valence-corrected chi connectivity index (χ3v) is 8.61. The number of halogens is 1. The predicted molar refractivity (Wildman–Crippen MR) is 159 cm³/mol. The summed E-state index contributed by atoms with van der Waals surface area (Å²) in [6.07, 6.45) is 3.81. The maximum Gasteiger partial charge on any atom is 0.218 e. The van der Waals surface area contributed by atoms with Crippen molar-refractivity contribution in [2.24, 2.45) is 0 Å². The Hall–Kier alpha value is -3.51. The van der Waals surface area contributed by atoms with E-state index < -0.39 is 14.0 Å². The van der Waals surface area contributed by atoms with E-state index >= 15 is 0 Å². The molecule has 0 N–H and O–H groups in total. The minimum atomic E-state index is -1.23. The van der Waals surface area contributed by atoms with Gasteiger partial charge in [-0.1, -0.05) is 68.2 Å². The van der Waals surface area contributed by atoms with Crippen LogP contribution in [0.4, 0.5) is 4.39 Å². The van der Waals surface area contributed by atoms with Gasteiger partial charge in [0.05, 0.1) is 13.7 Å². The molecule has 0 saturated heterocycles. The molecule has 1 radical (unpaired) electrons. The van der Waals surface area contributed by atoms with Crippen LogP contribution in [-0.2, 0) is 20.1 Å². The molecule has 4 nitrogen and oxygen atoms in total. The normalized spacial score (nSPS) is 11.3. The van der Waals surface area contributed by atoms with Crippen LogP contribution in [0.15, 0.2) is 89.6 Å². The summed E-state index contributed by atoms with van der Waals surface area (Å²) >= 11 is 0. The summed E-state index contributed by atoms with van der Waals surface area (Å²) in [5, 5.41) is 3.07. The van der Waals surface area contributed by atoms with Gasteiger partial charge in [-0.05, 0) is 40.7 Å².